The van der Waals surface area contributed by atoms with Crippen LogP contribution >= 0.6 is 0 Å². The number of rotatable bonds is 33. The van der Waals surface area contributed by atoms with Crippen LogP contribution in [0.1, 0.15) is 207 Å². The minimum atomic E-state index is -3.29. The number of unbranched alkanes of at least 4 members (excludes halogenated alkanes) is 24. The van der Waals surface area contributed by atoms with Crippen molar-refractivity contribution in [3.05, 3.63) is 42.5 Å². The summed E-state index contributed by atoms with van der Waals surface area (Å²) in [6.45, 7) is 6.76. The molecule has 1 aromatic carbocycles. The molecular weight excluding hydrogens is 569 g/mol. The Labute approximate surface area is 283 Å². The van der Waals surface area contributed by atoms with E-state index in [-0.39, 0.29) is 11.2 Å². The van der Waals surface area contributed by atoms with Crippen molar-refractivity contribution in [2.45, 2.75) is 217 Å². The van der Waals surface area contributed by atoms with Gasteiger partial charge < -0.3 is 0 Å². The second-order valence-electron chi connectivity index (χ2n) is 14.1. The van der Waals surface area contributed by atoms with Gasteiger partial charge in [0.2, 0.25) is 0 Å². The molecule has 0 heterocycles. The van der Waals surface area contributed by atoms with Gasteiger partial charge in [0.1, 0.15) is 0 Å². The summed E-state index contributed by atoms with van der Waals surface area (Å²) in [4.78, 5) is 0.512. The van der Waals surface area contributed by atoms with E-state index < -0.39 is 9.84 Å². The Kier molecular flexibility index (Phi) is 28.2. The van der Waals surface area contributed by atoms with E-state index in [1.807, 2.05) is 18.2 Å². The standard InChI is InChI=1S/C42H76O2S/c1-4-6-8-10-12-14-16-18-19-20-21-22-24-26-28-30-35-39-42(45(43,44)41-37-33-31-34-38-41)40(3)36-32-29-27-25-23-17-15-13-11-9-7-5-2/h16,18,31,33-34,37-38,40,42H,4-15,17,19-30,32,35-36,39H2,1-3H3/b18-16-/t40-,42?/m1/s1. The van der Waals surface area contributed by atoms with Gasteiger partial charge in [-0.3, -0.25) is 0 Å². The molecule has 0 aliphatic rings. The van der Waals surface area contributed by atoms with E-state index in [2.05, 4.69) is 32.9 Å². The molecule has 1 unspecified atom stereocenters. The summed E-state index contributed by atoms with van der Waals surface area (Å²) in [5.41, 5.74) is 0. The van der Waals surface area contributed by atoms with Gasteiger partial charge in [0.05, 0.1) is 10.1 Å². The lowest BCUT2D eigenvalue weighted by atomic mass is 9.95. The van der Waals surface area contributed by atoms with E-state index in [1.54, 1.807) is 12.1 Å². The van der Waals surface area contributed by atoms with Gasteiger partial charge >= 0.3 is 0 Å². The Balaban J connectivity index is 2.24. The molecule has 1 aromatic rings. The molecule has 0 N–H and O–H groups in total. The molecule has 0 spiro atoms. The zero-order chi connectivity index (χ0) is 32.7. The summed E-state index contributed by atoms with van der Waals surface area (Å²) in [6.07, 6.45) is 42.2. The highest BCUT2D eigenvalue weighted by molar-refractivity contribution is 7.92. The smallest absolute Gasteiger partial charge is 0.181 e. The molecule has 0 bridgehead atoms. The van der Waals surface area contributed by atoms with E-state index in [4.69, 9.17) is 0 Å². The van der Waals surface area contributed by atoms with E-state index in [1.165, 1.54) is 154 Å². The number of allylic oxidation sites excluding steroid dienone is 2. The zero-order valence-corrected chi connectivity index (χ0v) is 31.2. The Morgan fingerprint density at radius 3 is 1.27 bits per heavy atom. The third kappa shape index (κ3) is 23.0. The number of hydrogen-bond donors (Lipinski definition) is 0. The summed E-state index contributed by atoms with van der Waals surface area (Å²) in [5, 5.41) is -0.253. The normalized spacial score (nSPS) is 13.5. The highest BCUT2D eigenvalue weighted by Crippen LogP contribution is 2.29. The first-order valence-corrected chi connectivity index (χ1v) is 21.5. The Morgan fingerprint density at radius 1 is 0.489 bits per heavy atom. The molecule has 262 valence electrons. The van der Waals surface area contributed by atoms with Crippen molar-refractivity contribution >= 4 is 9.84 Å². The molecule has 0 radical (unpaired) electrons. The molecule has 0 saturated heterocycles. The maximum Gasteiger partial charge on any atom is 0.181 e. The third-order valence-corrected chi connectivity index (χ3v) is 12.3. The molecule has 0 aliphatic carbocycles. The van der Waals surface area contributed by atoms with E-state index >= 15 is 0 Å². The average molecular weight is 645 g/mol. The zero-order valence-electron chi connectivity index (χ0n) is 30.4. The minimum absolute atomic E-state index is 0.216. The van der Waals surface area contributed by atoms with E-state index in [9.17, 15) is 8.42 Å². The Hall–Kier alpha value is -1.09. The highest BCUT2D eigenvalue weighted by Gasteiger charge is 2.31. The molecule has 0 aliphatic heterocycles. The van der Waals surface area contributed by atoms with Crippen molar-refractivity contribution in [1.29, 1.82) is 0 Å². The number of sulfone groups is 1. The first-order chi connectivity index (χ1) is 22.0. The van der Waals surface area contributed by atoms with Crippen molar-refractivity contribution in [2.75, 3.05) is 0 Å². The number of hydrogen-bond acceptors (Lipinski definition) is 2. The van der Waals surface area contributed by atoms with Crippen LogP contribution in [0.5, 0.6) is 0 Å². The summed E-state index contributed by atoms with van der Waals surface area (Å²) in [5.74, 6) is 0.216. The summed E-state index contributed by atoms with van der Waals surface area (Å²) < 4.78 is 27.4. The Morgan fingerprint density at radius 2 is 0.844 bits per heavy atom. The van der Waals surface area contributed by atoms with Crippen molar-refractivity contribution in [1.82, 2.24) is 0 Å². The van der Waals surface area contributed by atoms with Crippen molar-refractivity contribution in [2.24, 2.45) is 5.92 Å². The summed E-state index contributed by atoms with van der Waals surface area (Å²) in [6, 6.07) is 9.24. The molecule has 2 atom stereocenters. The lowest BCUT2D eigenvalue weighted by Gasteiger charge is -2.24. The van der Waals surface area contributed by atoms with Gasteiger partial charge in [-0.2, -0.15) is 0 Å². The third-order valence-electron chi connectivity index (χ3n) is 9.87. The van der Waals surface area contributed by atoms with Gasteiger partial charge in [0, 0.05) is 0 Å². The second-order valence-corrected chi connectivity index (χ2v) is 16.3. The molecule has 0 fully saturated rings. The first kappa shape index (κ1) is 41.9. The Bertz CT molecular complexity index is 875. The lowest BCUT2D eigenvalue weighted by Crippen LogP contribution is -2.28. The van der Waals surface area contributed by atoms with Crippen LogP contribution in [0.15, 0.2) is 47.4 Å². The molecule has 3 heteroatoms. The van der Waals surface area contributed by atoms with Crippen molar-refractivity contribution in [3.8, 4) is 0 Å². The van der Waals surface area contributed by atoms with Gasteiger partial charge in [-0.1, -0.05) is 199 Å². The van der Waals surface area contributed by atoms with Crippen LogP contribution in [0.25, 0.3) is 0 Å². The van der Waals surface area contributed by atoms with E-state index in [0.717, 1.165) is 32.1 Å². The molecule has 2 nitrogen and oxygen atoms in total. The second kappa shape index (κ2) is 30.3. The van der Waals surface area contributed by atoms with Crippen molar-refractivity contribution < 1.29 is 8.42 Å². The molecular formula is C42H76O2S. The SMILES string of the molecule is CCCCCCC/C=C\CCCCCCCCCCC([C@H](C)CCCCCCCCCCCCCC)S(=O)(=O)c1ccccc1. The van der Waals surface area contributed by atoms with Crippen molar-refractivity contribution in [3.63, 3.8) is 0 Å². The van der Waals surface area contributed by atoms with Crippen LogP contribution in [-0.2, 0) is 9.84 Å². The summed E-state index contributed by atoms with van der Waals surface area (Å²) in [7, 11) is -3.29. The van der Waals surface area contributed by atoms with Crippen LogP contribution in [0.4, 0.5) is 0 Å². The summed E-state index contributed by atoms with van der Waals surface area (Å²) >= 11 is 0. The monoisotopic (exact) mass is 645 g/mol. The predicted molar refractivity (Wildman–Crippen MR) is 201 cm³/mol. The van der Waals surface area contributed by atoms with E-state index in [0.29, 0.717) is 4.90 Å². The molecule has 0 amide bonds. The molecule has 45 heavy (non-hydrogen) atoms. The molecule has 0 aromatic heterocycles. The van der Waals surface area contributed by atoms with Crippen LogP contribution in [0.3, 0.4) is 0 Å². The largest absolute Gasteiger partial charge is 0.223 e. The topological polar surface area (TPSA) is 34.1 Å². The van der Waals surface area contributed by atoms with Crippen LogP contribution < -0.4 is 0 Å². The fourth-order valence-corrected chi connectivity index (χ4v) is 8.90. The fraction of sp³-hybridized carbons (Fsp3) is 0.810. The average Bonchev–Trinajstić information content (AvgIpc) is 3.05. The van der Waals surface area contributed by atoms with Gasteiger partial charge in [-0.15, -0.1) is 0 Å². The fourth-order valence-electron chi connectivity index (χ4n) is 6.79. The quantitative estimate of drug-likeness (QED) is 0.0563. The number of benzene rings is 1. The molecule has 0 saturated carbocycles. The lowest BCUT2D eigenvalue weighted by molar-refractivity contribution is 0.422. The van der Waals surface area contributed by atoms with Crippen LogP contribution in [0, 0.1) is 5.92 Å². The maximum atomic E-state index is 13.7. The van der Waals surface area contributed by atoms with Crippen LogP contribution in [0.2, 0.25) is 0 Å². The van der Waals surface area contributed by atoms with Crippen LogP contribution in [-0.4, -0.2) is 13.7 Å². The maximum absolute atomic E-state index is 13.7. The minimum Gasteiger partial charge on any atom is -0.223 e. The highest BCUT2D eigenvalue weighted by atomic mass is 32.2. The van der Waals surface area contributed by atoms with Gasteiger partial charge in [-0.05, 0) is 56.6 Å². The first-order valence-electron chi connectivity index (χ1n) is 20.0. The van der Waals surface area contributed by atoms with Gasteiger partial charge in [-0.25, -0.2) is 8.42 Å². The predicted octanol–water partition coefficient (Wildman–Crippen LogP) is 14.4. The van der Waals surface area contributed by atoms with Gasteiger partial charge in [0.25, 0.3) is 0 Å². The molecule has 1 rings (SSSR count). The van der Waals surface area contributed by atoms with Gasteiger partial charge in [0.15, 0.2) is 9.84 Å².